The van der Waals surface area contributed by atoms with Crippen LogP contribution >= 0.6 is 47.8 Å². The largest absolute Gasteiger partial charge is 0.411 e. The number of halogens is 9. The molecule has 3 rings (SSSR count). The van der Waals surface area contributed by atoms with Gasteiger partial charge in [0.1, 0.15) is 34.9 Å². The maximum Gasteiger partial charge on any atom is 0.155 e. The summed E-state index contributed by atoms with van der Waals surface area (Å²) < 4.78 is 77.3. The summed E-state index contributed by atoms with van der Waals surface area (Å²) in [7, 11) is 0. The van der Waals surface area contributed by atoms with Crippen molar-refractivity contribution >= 4 is 60.3 Å². The normalized spacial score (nSPS) is 10.3. The first kappa shape index (κ1) is 29.8. The molecule has 0 atom stereocenters. The van der Waals surface area contributed by atoms with E-state index in [0.29, 0.717) is 15.2 Å². The Morgan fingerprint density at radius 1 is 0.706 bits per heavy atom. The Kier molecular flexibility index (Phi) is 12.5. The molecule has 0 unspecified atom stereocenters. The van der Waals surface area contributed by atoms with Gasteiger partial charge in [0.05, 0.1) is 17.3 Å². The van der Waals surface area contributed by atoms with Crippen LogP contribution in [0.3, 0.4) is 0 Å². The quantitative estimate of drug-likeness (QED) is 0.101. The average Bonchev–Trinajstić information content (AvgIpc) is 2.71. The predicted molar refractivity (Wildman–Crippen MR) is 125 cm³/mol. The van der Waals surface area contributed by atoms with Crippen LogP contribution in [0.2, 0.25) is 0 Å². The van der Waals surface area contributed by atoms with Gasteiger partial charge in [-0.1, -0.05) is 52.9 Å². The lowest BCUT2D eigenvalue weighted by molar-refractivity contribution is 0.111. The van der Waals surface area contributed by atoms with Crippen LogP contribution in [0.4, 0.5) is 26.3 Å². The van der Waals surface area contributed by atoms with E-state index in [0.717, 1.165) is 24.3 Å². The molecule has 13 heteroatoms. The van der Waals surface area contributed by atoms with Gasteiger partial charge < -0.3 is 10.9 Å². The third-order valence-corrected chi connectivity index (χ3v) is 5.08. The Hall–Kier alpha value is -2.22. The highest BCUT2D eigenvalue weighted by Crippen LogP contribution is 2.19. The topological polar surface area (TPSA) is 75.7 Å². The van der Waals surface area contributed by atoms with Crippen LogP contribution in [0.15, 0.2) is 55.0 Å². The summed E-state index contributed by atoms with van der Waals surface area (Å²) in [5, 5.41) is 10.6. The molecule has 0 fully saturated rings. The molecule has 0 saturated carbocycles. The molecule has 0 saturated heterocycles. The minimum atomic E-state index is -0.855. The molecular formula is C21H13Br3F6N2O2. The van der Waals surface area contributed by atoms with Gasteiger partial charge in [-0.3, -0.25) is 4.79 Å². The Bertz CT molecular complexity index is 1130. The third-order valence-electron chi connectivity index (χ3n) is 3.70. The second kappa shape index (κ2) is 14.2. The maximum atomic E-state index is 12.8. The average molecular weight is 679 g/mol. The van der Waals surface area contributed by atoms with Crippen molar-refractivity contribution in [2.45, 2.75) is 6.54 Å². The summed E-state index contributed by atoms with van der Waals surface area (Å²) in [6.07, 6.45) is 0.855. The van der Waals surface area contributed by atoms with Crippen LogP contribution in [0.1, 0.15) is 21.5 Å². The number of nitrogens with zero attached hydrogens (tertiary/aromatic N) is 1. The van der Waals surface area contributed by atoms with E-state index in [1.165, 1.54) is 12.1 Å². The zero-order valence-electron chi connectivity index (χ0n) is 16.6. The Morgan fingerprint density at radius 2 is 1.03 bits per heavy atom. The van der Waals surface area contributed by atoms with Crippen molar-refractivity contribution in [1.29, 1.82) is 0 Å². The molecule has 0 amide bonds. The van der Waals surface area contributed by atoms with E-state index in [4.69, 9.17) is 10.9 Å². The fourth-order valence-electron chi connectivity index (χ4n) is 2.17. The van der Waals surface area contributed by atoms with E-state index in [1.54, 1.807) is 0 Å². The molecule has 0 aliphatic rings. The maximum absolute atomic E-state index is 12.8. The number of hydrogen-bond donors (Lipinski definition) is 2. The summed E-state index contributed by atoms with van der Waals surface area (Å²) in [5.74, 6) is -4.49. The highest BCUT2D eigenvalue weighted by atomic mass is 79.9. The number of carbonyl (C=O) groups excluding carboxylic acids is 1. The van der Waals surface area contributed by atoms with Crippen molar-refractivity contribution in [2.24, 2.45) is 10.9 Å². The monoisotopic (exact) mass is 676 g/mol. The van der Waals surface area contributed by atoms with Crippen LogP contribution in [0.25, 0.3) is 0 Å². The van der Waals surface area contributed by atoms with E-state index in [-0.39, 0.29) is 28.4 Å². The van der Waals surface area contributed by atoms with Gasteiger partial charge >= 0.3 is 0 Å². The first-order valence-electron chi connectivity index (χ1n) is 8.70. The first-order chi connectivity index (χ1) is 15.9. The molecule has 182 valence electrons. The second-order valence-corrected chi connectivity index (χ2v) is 8.73. The summed E-state index contributed by atoms with van der Waals surface area (Å²) in [6, 6.07) is 6.61. The minimum Gasteiger partial charge on any atom is -0.411 e. The summed E-state index contributed by atoms with van der Waals surface area (Å²) >= 11 is 8.75. The van der Waals surface area contributed by atoms with Gasteiger partial charge in [0.25, 0.3) is 0 Å². The van der Waals surface area contributed by atoms with E-state index in [9.17, 15) is 31.1 Å². The highest BCUT2D eigenvalue weighted by Gasteiger charge is 2.09. The number of oxime groups is 1. The van der Waals surface area contributed by atoms with Gasteiger partial charge in [-0.2, -0.15) is 0 Å². The summed E-state index contributed by atoms with van der Waals surface area (Å²) in [6.45, 7) is -0.120. The lowest BCUT2D eigenvalue weighted by atomic mass is 10.2. The molecule has 0 spiro atoms. The van der Waals surface area contributed by atoms with Crippen LogP contribution in [0, 0.1) is 34.9 Å². The van der Waals surface area contributed by atoms with Gasteiger partial charge in [0.15, 0.2) is 6.29 Å². The van der Waals surface area contributed by atoms with E-state index < -0.39 is 40.5 Å². The number of aldehydes is 1. The molecule has 34 heavy (non-hydrogen) atoms. The Morgan fingerprint density at radius 3 is 1.32 bits per heavy atom. The third kappa shape index (κ3) is 8.85. The number of hydrogen-bond acceptors (Lipinski definition) is 4. The molecule has 0 heterocycles. The fraction of sp³-hybridized carbons (Fsp3) is 0.0476. The minimum absolute atomic E-state index is 0.0757. The predicted octanol–water partition coefficient (Wildman–Crippen LogP) is 7.26. The van der Waals surface area contributed by atoms with Gasteiger partial charge in [-0.05, 0) is 36.4 Å². The van der Waals surface area contributed by atoms with Gasteiger partial charge in [0.2, 0.25) is 0 Å². The smallest absolute Gasteiger partial charge is 0.155 e. The standard InChI is InChI=1S/C7H4BrF2NO.C7H6BrF2N.C7H3BrF2O/c8-4-1-6(9)5(3-11-12)7(10)2-4;2*8-4-1-6(9)5(3-11)7(10)2-4/h1-3,12H;1-2H,3,11H2;1-3H/b11-3+;;. The highest BCUT2D eigenvalue weighted by molar-refractivity contribution is 9.11. The molecule has 0 aliphatic heterocycles. The van der Waals surface area contributed by atoms with Crippen molar-refractivity contribution in [1.82, 2.24) is 0 Å². The lowest BCUT2D eigenvalue weighted by Gasteiger charge is -2.01. The molecular weight excluding hydrogens is 666 g/mol. The number of rotatable bonds is 3. The van der Waals surface area contributed by atoms with Gasteiger partial charge in [-0.15, -0.1) is 0 Å². The molecule has 4 nitrogen and oxygen atoms in total. The Labute approximate surface area is 214 Å². The molecule has 0 aromatic heterocycles. The molecule has 3 aromatic rings. The van der Waals surface area contributed by atoms with Crippen molar-refractivity contribution in [3.63, 3.8) is 0 Å². The van der Waals surface area contributed by atoms with E-state index >= 15 is 0 Å². The number of carbonyl (C=O) groups is 1. The summed E-state index contributed by atoms with van der Waals surface area (Å²) in [5.41, 5.74) is 4.14. The SMILES string of the molecule is NCc1c(F)cc(Br)cc1F.O/N=C/c1c(F)cc(Br)cc1F.O=Cc1c(F)cc(Br)cc1F. The van der Waals surface area contributed by atoms with Crippen LogP contribution in [0.5, 0.6) is 0 Å². The van der Waals surface area contributed by atoms with Crippen LogP contribution in [-0.4, -0.2) is 17.7 Å². The number of nitrogens with two attached hydrogens (primary N) is 1. The second-order valence-electron chi connectivity index (χ2n) is 5.98. The molecule has 0 aliphatic carbocycles. The van der Waals surface area contributed by atoms with Gasteiger partial charge in [0, 0.05) is 25.5 Å². The van der Waals surface area contributed by atoms with Crippen molar-refractivity contribution in [3.05, 3.63) is 101 Å². The van der Waals surface area contributed by atoms with Crippen molar-refractivity contribution in [2.75, 3.05) is 0 Å². The molecule has 0 bridgehead atoms. The summed E-state index contributed by atoms with van der Waals surface area (Å²) in [4.78, 5) is 10.1. The van der Waals surface area contributed by atoms with E-state index in [2.05, 4.69) is 52.9 Å². The fourth-order valence-corrected chi connectivity index (χ4v) is 3.37. The van der Waals surface area contributed by atoms with Gasteiger partial charge in [-0.25, -0.2) is 26.3 Å². The van der Waals surface area contributed by atoms with Crippen LogP contribution in [-0.2, 0) is 6.54 Å². The van der Waals surface area contributed by atoms with Crippen molar-refractivity contribution < 1.29 is 36.3 Å². The van der Waals surface area contributed by atoms with Crippen LogP contribution < -0.4 is 5.73 Å². The zero-order chi connectivity index (χ0) is 26.0. The molecule has 3 N–H and O–H groups in total. The number of benzene rings is 3. The van der Waals surface area contributed by atoms with Crippen molar-refractivity contribution in [3.8, 4) is 0 Å². The molecule has 3 aromatic carbocycles. The molecule has 0 radical (unpaired) electrons. The first-order valence-corrected chi connectivity index (χ1v) is 11.1. The lowest BCUT2D eigenvalue weighted by Crippen LogP contribution is -2.03. The Balaban J connectivity index is 0.000000255. The van der Waals surface area contributed by atoms with E-state index in [1.807, 2.05) is 0 Å². The zero-order valence-corrected chi connectivity index (χ0v) is 21.4.